The molecule has 0 unspecified atom stereocenters. The second kappa shape index (κ2) is 5.38. The predicted molar refractivity (Wildman–Crippen MR) is 71.3 cm³/mol. The molecule has 0 bridgehead atoms. The van der Waals surface area contributed by atoms with Gasteiger partial charge in [-0.05, 0) is 37.0 Å². The molecule has 0 aromatic heterocycles. The van der Waals surface area contributed by atoms with Crippen LogP contribution in [0.5, 0.6) is 0 Å². The third kappa shape index (κ3) is 2.58. The van der Waals surface area contributed by atoms with E-state index in [1.165, 1.54) is 0 Å². The summed E-state index contributed by atoms with van der Waals surface area (Å²) in [5, 5.41) is 0. The first-order valence-corrected chi connectivity index (χ1v) is 7.88. The Hall–Kier alpha value is -0.910. The van der Waals surface area contributed by atoms with Crippen molar-refractivity contribution in [1.82, 2.24) is 4.41 Å². The number of hydrogen-bond donors (Lipinski definition) is 1. The van der Waals surface area contributed by atoms with Crippen molar-refractivity contribution in [3.8, 4) is 0 Å². The van der Waals surface area contributed by atoms with Crippen LogP contribution < -0.4 is 5.84 Å². The lowest BCUT2D eigenvalue weighted by Crippen LogP contribution is -2.44. The van der Waals surface area contributed by atoms with Gasteiger partial charge in [0.15, 0.2) is 0 Å². The molecule has 4 nitrogen and oxygen atoms in total. The lowest BCUT2D eigenvalue weighted by atomic mass is 10.2. The number of sulfonamides is 1. The molecule has 1 aromatic rings. The van der Waals surface area contributed by atoms with Gasteiger partial charge in [0.05, 0.1) is 4.90 Å². The van der Waals surface area contributed by atoms with Gasteiger partial charge in [-0.1, -0.05) is 31.9 Å². The number of nitrogens with zero attached hydrogens (tertiary/aromatic N) is 1. The van der Waals surface area contributed by atoms with Gasteiger partial charge >= 0.3 is 0 Å². The first kappa shape index (κ1) is 13.5. The molecular weight excluding hydrogens is 248 g/mol. The van der Waals surface area contributed by atoms with Gasteiger partial charge in [0.25, 0.3) is 10.0 Å². The summed E-state index contributed by atoms with van der Waals surface area (Å²) in [6, 6.07) is 6.93. The maximum Gasteiger partial charge on any atom is 0.255 e. The lowest BCUT2D eigenvalue weighted by Gasteiger charge is -2.22. The zero-order valence-electron chi connectivity index (χ0n) is 10.7. The molecule has 1 aromatic carbocycles. The summed E-state index contributed by atoms with van der Waals surface area (Å²) in [5.74, 6) is 5.80. The molecule has 1 aliphatic carbocycles. The largest absolute Gasteiger partial charge is 0.255 e. The summed E-state index contributed by atoms with van der Waals surface area (Å²) in [6.07, 6.45) is 4.74. The van der Waals surface area contributed by atoms with Crippen LogP contribution in [0.25, 0.3) is 0 Å². The topological polar surface area (TPSA) is 63.4 Å². The average molecular weight is 268 g/mol. The summed E-state index contributed by atoms with van der Waals surface area (Å²) < 4.78 is 25.7. The molecule has 2 rings (SSSR count). The highest BCUT2D eigenvalue weighted by molar-refractivity contribution is 7.89. The molecule has 1 aliphatic rings. The summed E-state index contributed by atoms with van der Waals surface area (Å²) in [4.78, 5) is 0.286. The number of hydrazine groups is 1. The zero-order valence-corrected chi connectivity index (χ0v) is 11.5. The number of hydrogen-bond acceptors (Lipinski definition) is 3. The second-order valence-corrected chi connectivity index (χ2v) is 6.61. The molecule has 1 fully saturated rings. The van der Waals surface area contributed by atoms with E-state index in [1.54, 1.807) is 12.1 Å². The third-order valence-corrected chi connectivity index (χ3v) is 5.31. The standard InChI is InChI=1S/C13H20N2O2S/c1-2-11-7-9-13(10-8-11)18(16,17)15(14)12-5-3-4-6-12/h7-10,12H,2-6,14H2,1H3. The Kier molecular flexibility index (Phi) is 4.04. The molecule has 0 atom stereocenters. The Bertz CT molecular complexity index is 490. The van der Waals surface area contributed by atoms with Gasteiger partial charge < -0.3 is 0 Å². The SMILES string of the molecule is CCc1ccc(S(=O)(=O)N(N)C2CCCC2)cc1. The quantitative estimate of drug-likeness (QED) is 0.671. The Morgan fingerprint density at radius 2 is 1.78 bits per heavy atom. The van der Waals surface area contributed by atoms with Crippen molar-refractivity contribution in [3.05, 3.63) is 29.8 Å². The molecule has 0 aliphatic heterocycles. The van der Waals surface area contributed by atoms with Crippen molar-refractivity contribution in [3.63, 3.8) is 0 Å². The molecule has 0 saturated heterocycles. The molecule has 5 heteroatoms. The van der Waals surface area contributed by atoms with Crippen molar-refractivity contribution in [2.24, 2.45) is 5.84 Å². The molecule has 1 saturated carbocycles. The number of nitrogens with two attached hydrogens (primary N) is 1. The highest BCUT2D eigenvalue weighted by atomic mass is 32.2. The van der Waals surface area contributed by atoms with Gasteiger partial charge in [0.1, 0.15) is 0 Å². The van der Waals surface area contributed by atoms with Crippen LogP contribution in [0.1, 0.15) is 38.2 Å². The minimum absolute atomic E-state index is 0.0409. The fourth-order valence-electron chi connectivity index (χ4n) is 2.37. The van der Waals surface area contributed by atoms with Crippen molar-refractivity contribution in [2.75, 3.05) is 0 Å². The number of rotatable bonds is 4. The molecule has 0 radical (unpaired) electrons. The van der Waals surface area contributed by atoms with Crippen LogP contribution in [0.15, 0.2) is 29.2 Å². The van der Waals surface area contributed by atoms with E-state index < -0.39 is 10.0 Å². The maximum absolute atomic E-state index is 12.3. The van der Waals surface area contributed by atoms with Crippen LogP contribution in [0.2, 0.25) is 0 Å². The summed E-state index contributed by atoms with van der Waals surface area (Å²) in [6.45, 7) is 2.04. The number of benzene rings is 1. The van der Waals surface area contributed by atoms with Crippen LogP contribution in [0, 0.1) is 0 Å². The summed E-state index contributed by atoms with van der Waals surface area (Å²) >= 11 is 0. The monoisotopic (exact) mass is 268 g/mol. The number of aryl methyl sites for hydroxylation is 1. The second-order valence-electron chi connectivity index (χ2n) is 4.77. The lowest BCUT2D eigenvalue weighted by molar-refractivity contribution is 0.332. The average Bonchev–Trinajstić information content (AvgIpc) is 2.91. The molecular formula is C13H20N2O2S. The van der Waals surface area contributed by atoms with E-state index in [9.17, 15) is 8.42 Å². The van der Waals surface area contributed by atoms with Crippen LogP contribution in [-0.2, 0) is 16.4 Å². The van der Waals surface area contributed by atoms with Gasteiger partial charge in [-0.2, -0.15) is 0 Å². The normalized spacial score (nSPS) is 17.5. The van der Waals surface area contributed by atoms with Crippen molar-refractivity contribution >= 4 is 10.0 Å². The molecule has 0 heterocycles. The summed E-state index contributed by atoms with van der Waals surface area (Å²) in [5.41, 5.74) is 1.12. The Labute approximate surface area is 109 Å². The zero-order chi connectivity index (χ0) is 13.2. The fourth-order valence-corrected chi connectivity index (χ4v) is 3.70. The molecule has 100 valence electrons. The minimum Gasteiger partial charge on any atom is -0.254 e. The van der Waals surface area contributed by atoms with Gasteiger partial charge in [-0.15, -0.1) is 4.41 Å². The van der Waals surface area contributed by atoms with E-state index in [4.69, 9.17) is 5.84 Å². The smallest absolute Gasteiger partial charge is 0.254 e. The maximum atomic E-state index is 12.3. The van der Waals surface area contributed by atoms with Gasteiger partial charge in [0, 0.05) is 6.04 Å². The Morgan fingerprint density at radius 3 is 2.28 bits per heavy atom. The minimum atomic E-state index is -3.54. The molecule has 0 amide bonds. The van der Waals surface area contributed by atoms with Crippen LogP contribution >= 0.6 is 0 Å². The highest BCUT2D eigenvalue weighted by Crippen LogP contribution is 2.26. The van der Waals surface area contributed by atoms with Gasteiger partial charge in [-0.25, -0.2) is 8.42 Å². The molecule has 2 N–H and O–H groups in total. The van der Waals surface area contributed by atoms with E-state index in [0.717, 1.165) is 42.1 Å². The summed E-state index contributed by atoms with van der Waals surface area (Å²) in [7, 11) is -3.54. The van der Waals surface area contributed by atoms with Gasteiger partial charge in [0.2, 0.25) is 0 Å². The van der Waals surface area contributed by atoms with E-state index in [2.05, 4.69) is 0 Å². The third-order valence-electron chi connectivity index (χ3n) is 3.59. The highest BCUT2D eigenvalue weighted by Gasteiger charge is 2.30. The Balaban J connectivity index is 2.23. The van der Waals surface area contributed by atoms with Crippen LogP contribution in [-0.4, -0.2) is 18.9 Å². The molecule has 0 spiro atoms. The predicted octanol–water partition coefficient (Wildman–Crippen LogP) is 2.06. The van der Waals surface area contributed by atoms with Crippen LogP contribution in [0.3, 0.4) is 0 Å². The van der Waals surface area contributed by atoms with Gasteiger partial charge in [-0.3, -0.25) is 5.84 Å². The van der Waals surface area contributed by atoms with Crippen LogP contribution in [0.4, 0.5) is 0 Å². The molecule has 18 heavy (non-hydrogen) atoms. The van der Waals surface area contributed by atoms with E-state index in [-0.39, 0.29) is 10.9 Å². The van der Waals surface area contributed by atoms with Crippen molar-refractivity contribution in [1.29, 1.82) is 0 Å². The first-order valence-electron chi connectivity index (χ1n) is 6.43. The Morgan fingerprint density at radius 1 is 1.22 bits per heavy atom. The van der Waals surface area contributed by atoms with E-state index in [0.29, 0.717) is 0 Å². The van der Waals surface area contributed by atoms with E-state index in [1.807, 2.05) is 19.1 Å². The van der Waals surface area contributed by atoms with Crippen molar-refractivity contribution < 1.29 is 8.42 Å². The van der Waals surface area contributed by atoms with Crippen molar-refractivity contribution in [2.45, 2.75) is 50.0 Å². The fraction of sp³-hybridized carbons (Fsp3) is 0.538. The first-order chi connectivity index (χ1) is 8.55. The van der Waals surface area contributed by atoms with E-state index >= 15 is 0 Å².